The summed E-state index contributed by atoms with van der Waals surface area (Å²) >= 11 is 0. The number of fused-ring (bicyclic) bond motifs is 1. The van der Waals surface area contributed by atoms with Crippen LogP contribution in [0.4, 0.5) is 4.39 Å². The monoisotopic (exact) mass is 374 g/mol. The Balaban J connectivity index is 1.82. The minimum absolute atomic E-state index is 0.246. The van der Waals surface area contributed by atoms with Gasteiger partial charge in [0.25, 0.3) is 0 Å². The first kappa shape index (κ1) is 18.5. The van der Waals surface area contributed by atoms with Crippen molar-refractivity contribution in [1.29, 1.82) is 0 Å². The van der Waals surface area contributed by atoms with E-state index in [0.29, 0.717) is 24.6 Å². The Bertz CT molecular complexity index is 908. The Morgan fingerprint density at radius 2 is 2.00 bits per heavy atom. The predicted molar refractivity (Wildman–Crippen MR) is 101 cm³/mol. The average molecular weight is 374 g/mol. The SMILES string of the molecule is COc1cccc(F)c1-c1ncc2c(cnn2COCC[Si](C)(C)C)n1. The van der Waals surface area contributed by atoms with E-state index < -0.39 is 13.9 Å². The van der Waals surface area contributed by atoms with Gasteiger partial charge in [0.2, 0.25) is 0 Å². The van der Waals surface area contributed by atoms with E-state index in [2.05, 4.69) is 34.7 Å². The first-order valence-electron chi connectivity index (χ1n) is 8.48. The number of rotatable bonds is 7. The Labute approximate surface area is 153 Å². The number of nitrogens with zero attached hydrogens (tertiary/aromatic N) is 4. The van der Waals surface area contributed by atoms with Crippen molar-refractivity contribution in [2.75, 3.05) is 13.7 Å². The van der Waals surface area contributed by atoms with E-state index in [4.69, 9.17) is 9.47 Å². The second-order valence-corrected chi connectivity index (χ2v) is 12.9. The Kier molecular flexibility index (Phi) is 5.33. The fraction of sp³-hybridized carbons (Fsp3) is 0.389. The highest BCUT2D eigenvalue weighted by Crippen LogP contribution is 2.30. The maximum absolute atomic E-state index is 14.2. The summed E-state index contributed by atoms with van der Waals surface area (Å²) in [7, 11) is 0.374. The molecule has 0 saturated carbocycles. The smallest absolute Gasteiger partial charge is 0.166 e. The molecular formula is C18H23FN4O2Si. The van der Waals surface area contributed by atoms with Crippen LogP contribution in [-0.2, 0) is 11.5 Å². The van der Waals surface area contributed by atoms with Crippen LogP contribution in [-0.4, -0.2) is 41.5 Å². The summed E-state index contributed by atoms with van der Waals surface area (Å²) in [5.41, 5.74) is 1.63. The van der Waals surface area contributed by atoms with Gasteiger partial charge >= 0.3 is 0 Å². The Hall–Kier alpha value is -2.32. The van der Waals surface area contributed by atoms with Crippen molar-refractivity contribution >= 4 is 19.1 Å². The molecule has 0 bridgehead atoms. The summed E-state index contributed by atoms with van der Waals surface area (Å²) in [6.45, 7) is 7.99. The normalized spacial score (nSPS) is 11.9. The summed E-state index contributed by atoms with van der Waals surface area (Å²) in [4.78, 5) is 8.75. The predicted octanol–water partition coefficient (Wildman–Crippen LogP) is 3.95. The van der Waals surface area contributed by atoms with Crippen LogP contribution in [0.25, 0.3) is 22.4 Å². The molecule has 3 aromatic rings. The minimum atomic E-state index is -1.12. The van der Waals surface area contributed by atoms with E-state index in [1.54, 1.807) is 29.2 Å². The van der Waals surface area contributed by atoms with E-state index in [1.807, 2.05) is 0 Å². The molecule has 1 aromatic carbocycles. The van der Waals surface area contributed by atoms with Crippen molar-refractivity contribution in [3.63, 3.8) is 0 Å². The van der Waals surface area contributed by atoms with Gasteiger partial charge in [0.1, 0.15) is 29.3 Å². The Morgan fingerprint density at radius 1 is 1.19 bits per heavy atom. The van der Waals surface area contributed by atoms with Gasteiger partial charge in [0.15, 0.2) is 5.82 Å². The van der Waals surface area contributed by atoms with Crippen molar-refractivity contribution in [3.05, 3.63) is 36.4 Å². The summed E-state index contributed by atoms with van der Waals surface area (Å²) < 4.78 is 26.9. The highest BCUT2D eigenvalue weighted by Gasteiger charge is 2.16. The fourth-order valence-corrected chi connectivity index (χ4v) is 3.27. The number of methoxy groups -OCH3 is 1. The van der Waals surface area contributed by atoms with E-state index in [1.165, 1.54) is 13.2 Å². The molecule has 26 heavy (non-hydrogen) atoms. The van der Waals surface area contributed by atoms with Gasteiger partial charge < -0.3 is 9.47 Å². The molecular weight excluding hydrogens is 351 g/mol. The van der Waals surface area contributed by atoms with Crippen LogP contribution in [0.15, 0.2) is 30.6 Å². The van der Waals surface area contributed by atoms with Gasteiger partial charge in [-0.3, -0.25) is 0 Å². The second kappa shape index (κ2) is 7.51. The zero-order chi connectivity index (χ0) is 18.7. The van der Waals surface area contributed by atoms with E-state index in [-0.39, 0.29) is 11.4 Å². The van der Waals surface area contributed by atoms with E-state index >= 15 is 0 Å². The summed E-state index contributed by atoms with van der Waals surface area (Å²) in [6, 6.07) is 5.73. The van der Waals surface area contributed by atoms with Gasteiger partial charge in [-0.15, -0.1) is 0 Å². The number of ether oxygens (including phenoxy) is 2. The van der Waals surface area contributed by atoms with Gasteiger partial charge in [-0.05, 0) is 18.2 Å². The van der Waals surface area contributed by atoms with Crippen LogP contribution in [0.2, 0.25) is 25.7 Å². The van der Waals surface area contributed by atoms with Crippen molar-refractivity contribution in [1.82, 2.24) is 19.7 Å². The van der Waals surface area contributed by atoms with Gasteiger partial charge in [-0.1, -0.05) is 25.7 Å². The maximum atomic E-state index is 14.2. The third-order valence-corrected chi connectivity index (χ3v) is 5.73. The highest BCUT2D eigenvalue weighted by atomic mass is 28.3. The van der Waals surface area contributed by atoms with Gasteiger partial charge in [0, 0.05) is 14.7 Å². The first-order valence-corrected chi connectivity index (χ1v) is 12.2. The van der Waals surface area contributed by atoms with Gasteiger partial charge in [0.05, 0.1) is 25.1 Å². The summed E-state index contributed by atoms with van der Waals surface area (Å²) in [5, 5.41) is 4.30. The van der Waals surface area contributed by atoms with Crippen LogP contribution < -0.4 is 4.74 Å². The summed E-state index contributed by atoms with van der Waals surface area (Å²) in [5.74, 6) is 0.240. The van der Waals surface area contributed by atoms with Crippen LogP contribution >= 0.6 is 0 Å². The molecule has 8 heteroatoms. The molecule has 0 atom stereocenters. The number of hydrogen-bond acceptors (Lipinski definition) is 5. The minimum Gasteiger partial charge on any atom is -0.496 e. The second-order valence-electron chi connectivity index (χ2n) is 7.27. The molecule has 0 unspecified atom stereocenters. The largest absolute Gasteiger partial charge is 0.496 e. The molecule has 0 aliphatic rings. The van der Waals surface area contributed by atoms with Crippen molar-refractivity contribution in [3.8, 4) is 17.1 Å². The van der Waals surface area contributed by atoms with Gasteiger partial charge in [-0.2, -0.15) is 5.10 Å². The van der Waals surface area contributed by atoms with Crippen LogP contribution in [0.1, 0.15) is 0 Å². The first-order chi connectivity index (χ1) is 12.4. The topological polar surface area (TPSA) is 62.1 Å². The molecule has 0 amide bonds. The molecule has 0 radical (unpaired) electrons. The molecule has 0 N–H and O–H groups in total. The fourth-order valence-electron chi connectivity index (χ4n) is 2.51. The zero-order valence-corrected chi connectivity index (χ0v) is 16.5. The number of aromatic nitrogens is 4. The lowest BCUT2D eigenvalue weighted by atomic mass is 10.1. The third-order valence-electron chi connectivity index (χ3n) is 4.02. The molecule has 3 rings (SSSR count). The van der Waals surface area contributed by atoms with E-state index in [9.17, 15) is 4.39 Å². The molecule has 0 aliphatic heterocycles. The third kappa shape index (κ3) is 4.08. The quantitative estimate of drug-likeness (QED) is 0.463. The molecule has 6 nitrogen and oxygen atoms in total. The summed E-state index contributed by atoms with van der Waals surface area (Å²) in [6.07, 6.45) is 3.27. The lowest BCUT2D eigenvalue weighted by Crippen LogP contribution is -2.22. The van der Waals surface area contributed by atoms with E-state index in [0.717, 1.165) is 11.6 Å². The van der Waals surface area contributed by atoms with Crippen LogP contribution in [0.5, 0.6) is 5.75 Å². The number of halogens is 1. The molecule has 0 saturated heterocycles. The lowest BCUT2D eigenvalue weighted by Gasteiger charge is -2.15. The van der Waals surface area contributed by atoms with Crippen molar-refractivity contribution in [2.45, 2.75) is 32.4 Å². The molecule has 0 spiro atoms. The van der Waals surface area contributed by atoms with Gasteiger partial charge in [-0.25, -0.2) is 19.0 Å². The average Bonchev–Trinajstić information content (AvgIpc) is 3.00. The number of benzene rings is 1. The van der Waals surface area contributed by atoms with Crippen molar-refractivity contribution in [2.24, 2.45) is 0 Å². The molecule has 0 fully saturated rings. The molecule has 2 aromatic heterocycles. The maximum Gasteiger partial charge on any atom is 0.166 e. The van der Waals surface area contributed by atoms with Crippen molar-refractivity contribution < 1.29 is 13.9 Å². The molecule has 138 valence electrons. The molecule has 2 heterocycles. The molecule has 0 aliphatic carbocycles. The standard InChI is InChI=1S/C18H23FN4O2Si/c1-24-16-7-5-6-13(19)17(16)18-20-11-15-14(22-18)10-21-23(15)12-25-8-9-26(2,3)4/h5-7,10-11H,8-9,12H2,1-4H3. The lowest BCUT2D eigenvalue weighted by molar-refractivity contribution is 0.0816. The zero-order valence-electron chi connectivity index (χ0n) is 15.5. The number of hydrogen-bond donors (Lipinski definition) is 0. The van der Waals surface area contributed by atoms with Crippen LogP contribution in [0, 0.1) is 5.82 Å². The highest BCUT2D eigenvalue weighted by molar-refractivity contribution is 6.76. The Morgan fingerprint density at radius 3 is 2.73 bits per heavy atom. The van der Waals surface area contributed by atoms with Crippen LogP contribution in [0.3, 0.4) is 0 Å².